The van der Waals surface area contributed by atoms with E-state index in [1.165, 1.54) is 0 Å². The summed E-state index contributed by atoms with van der Waals surface area (Å²) in [7, 11) is 0. The topological polar surface area (TPSA) is 49.4 Å². The maximum Gasteiger partial charge on any atom is 0.227 e. The Balaban J connectivity index is 1.57. The highest BCUT2D eigenvalue weighted by atomic mass is 79.9. The molecule has 4 nitrogen and oxygen atoms in total. The Kier molecular flexibility index (Phi) is 5.16. The maximum atomic E-state index is 12.4. The van der Waals surface area contributed by atoms with Crippen molar-refractivity contribution in [3.05, 3.63) is 40.9 Å². The second kappa shape index (κ2) is 7.30. The number of nitrogens with one attached hydrogen (secondary N) is 1. The number of rotatable bonds is 4. The molecule has 1 heterocycles. The van der Waals surface area contributed by atoms with Crippen molar-refractivity contribution in [1.82, 2.24) is 5.32 Å². The number of allylic oxidation sites excluding steroid dienone is 2. The van der Waals surface area contributed by atoms with Gasteiger partial charge in [-0.2, -0.15) is 0 Å². The molecule has 5 heteroatoms. The lowest BCUT2D eigenvalue weighted by Crippen LogP contribution is -2.36. The molecule has 1 fully saturated rings. The Bertz CT molecular complexity index is 629. The normalized spacial score (nSPS) is 24.0. The van der Waals surface area contributed by atoms with Gasteiger partial charge in [-0.05, 0) is 53.2 Å². The number of carbonyl (C=O) groups is 2. The van der Waals surface area contributed by atoms with Gasteiger partial charge in [0, 0.05) is 24.0 Å². The van der Waals surface area contributed by atoms with Crippen LogP contribution in [0.1, 0.15) is 25.7 Å². The van der Waals surface area contributed by atoms with Gasteiger partial charge in [0.15, 0.2) is 0 Å². The molecule has 1 aliphatic heterocycles. The molecule has 122 valence electrons. The molecule has 1 aliphatic carbocycles. The van der Waals surface area contributed by atoms with E-state index in [4.69, 9.17) is 0 Å². The van der Waals surface area contributed by atoms with E-state index in [-0.39, 0.29) is 24.2 Å². The fraction of sp³-hybridized carbons (Fsp3) is 0.444. The summed E-state index contributed by atoms with van der Waals surface area (Å²) in [6.07, 6.45) is 7.93. The molecule has 0 radical (unpaired) electrons. The SMILES string of the molecule is O=C(NCC1CC=CCC1)C1CC(=O)N(c2ccccc2Br)C1. The third kappa shape index (κ3) is 3.83. The summed E-state index contributed by atoms with van der Waals surface area (Å²) in [6, 6.07) is 7.62. The third-order valence-corrected chi connectivity index (χ3v) is 5.25. The number of para-hydroxylation sites is 1. The number of benzene rings is 1. The van der Waals surface area contributed by atoms with Crippen molar-refractivity contribution in [2.45, 2.75) is 25.7 Å². The van der Waals surface area contributed by atoms with E-state index < -0.39 is 0 Å². The lowest BCUT2D eigenvalue weighted by molar-refractivity contribution is -0.126. The molecule has 23 heavy (non-hydrogen) atoms. The minimum Gasteiger partial charge on any atom is -0.356 e. The van der Waals surface area contributed by atoms with Crippen molar-refractivity contribution < 1.29 is 9.59 Å². The van der Waals surface area contributed by atoms with Gasteiger partial charge < -0.3 is 10.2 Å². The smallest absolute Gasteiger partial charge is 0.227 e. The Hall–Kier alpha value is -1.62. The fourth-order valence-corrected chi connectivity index (χ4v) is 3.72. The number of hydrogen-bond acceptors (Lipinski definition) is 2. The maximum absolute atomic E-state index is 12.4. The molecule has 1 N–H and O–H groups in total. The van der Waals surface area contributed by atoms with Gasteiger partial charge in [-0.25, -0.2) is 0 Å². The van der Waals surface area contributed by atoms with E-state index in [1.807, 2.05) is 24.3 Å². The summed E-state index contributed by atoms with van der Waals surface area (Å²) in [5, 5.41) is 3.04. The Morgan fingerprint density at radius 2 is 2.13 bits per heavy atom. The average Bonchev–Trinajstić information content (AvgIpc) is 2.96. The summed E-state index contributed by atoms with van der Waals surface area (Å²) in [6.45, 7) is 1.17. The Morgan fingerprint density at radius 1 is 1.30 bits per heavy atom. The van der Waals surface area contributed by atoms with Gasteiger partial charge in [0.05, 0.1) is 11.6 Å². The van der Waals surface area contributed by atoms with Crippen LogP contribution in [0.5, 0.6) is 0 Å². The first-order chi connectivity index (χ1) is 11.1. The standard InChI is InChI=1S/C18H21BrN2O2/c19-15-8-4-5-9-16(15)21-12-14(10-17(21)22)18(23)20-11-13-6-2-1-3-7-13/h1-2,4-5,8-9,13-14H,3,6-7,10-12H2,(H,20,23). The highest BCUT2D eigenvalue weighted by molar-refractivity contribution is 9.10. The number of halogens is 1. The van der Waals surface area contributed by atoms with Crippen LogP contribution in [0.2, 0.25) is 0 Å². The second-order valence-electron chi connectivity index (χ2n) is 6.25. The molecule has 0 bridgehead atoms. The molecule has 2 unspecified atom stereocenters. The molecule has 0 aromatic heterocycles. The fourth-order valence-electron chi connectivity index (χ4n) is 3.22. The van der Waals surface area contributed by atoms with Crippen LogP contribution >= 0.6 is 15.9 Å². The molecule has 2 aliphatic rings. The predicted octanol–water partition coefficient (Wildman–Crippen LogP) is 3.27. The third-order valence-electron chi connectivity index (χ3n) is 4.58. The van der Waals surface area contributed by atoms with Crippen molar-refractivity contribution in [1.29, 1.82) is 0 Å². The quantitative estimate of drug-likeness (QED) is 0.819. The zero-order valence-electron chi connectivity index (χ0n) is 13.0. The number of amides is 2. The summed E-state index contributed by atoms with van der Waals surface area (Å²) in [5.74, 6) is 0.286. The van der Waals surface area contributed by atoms with E-state index in [2.05, 4.69) is 33.4 Å². The second-order valence-corrected chi connectivity index (χ2v) is 7.11. The van der Waals surface area contributed by atoms with Crippen molar-refractivity contribution in [2.75, 3.05) is 18.0 Å². The van der Waals surface area contributed by atoms with Crippen LogP contribution in [-0.4, -0.2) is 24.9 Å². The van der Waals surface area contributed by atoms with E-state index in [1.54, 1.807) is 4.90 Å². The van der Waals surface area contributed by atoms with E-state index in [0.29, 0.717) is 19.0 Å². The van der Waals surface area contributed by atoms with Crippen LogP contribution in [-0.2, 0) is 9.59 Å². The highest BCUT2D eigenvalue weighted by Gasteiger charge is 2.35. The highest BCUT2D eigenvalue weighted by Crippen LogP contribution is 2.31. The van der Waals surface area contributed by atoms with E-state index >= 15 is 0 Å². The summed E-state index contributed by atoms with van der Waals surface area (Å²) in [5.41, 5.74) is 0.838. The molecule has 1 aromatic carbocycles. The average molecular weight is 377 g/mol. The van der Waals surface area contributed by atoms with Crippen LogP contribution in [0.15, 0.2) is 40.9 Å². The van der Waals surface area contributed by atoms with E-state index in [0.717, 1.165) is 29.4 Å². The van der Waals surface area contributed by atoms with Crippen molar-refractivity contribution in [2.24, 2.45) is 11.8 Å². The minimum atomic E-state index is -0.256. The van der Waals surface area contributed by atoms with Gasteiger partial charge >= 0.3 is 0 Å². The molecule has 0 spiro atoms. The van der Waals surface area contributed by atoms with Gasteiger partial charge in [-0.15, -0.1) is 0 Å². The zero-order valence-corrected chi connectivity index (χ0v) is 14.6. The molecule has 2 amide bonds. The first-order valence-corrected chi connectivity index (χ1v) is 8.92. The number of carbonyl (C=O) groups excluding carboxylic acids is 2. The van der Waals surface area contributed by atoms with Gasteiger partial charge in [0.1, 0.15) is 0 Å². The van der Waals surface area contributed by atoms with Gasteiger partial charge in [0.2, 0.25) is 11.8 Å². The predicted molar refractivity (Wildman–Crippen MR) is 94.1 cm³/mol. The van der Waals surface area contributed by atoms with Crippen LogP contribution in [0, 0.1) is 11.8 Å². The number of anilines is 1. The van der Waals surface area contributed by atoms with Crippen LogP contribution in [0.4, 0.5) is 5.69 Å². The van der Waals surface area contributed by atoms with E-state index in [9.17, 15) is 9.59 Å². The van der Waals surface area contributed by atoms with Crippen molar-refractivity contribution >= 4 is 33.4 Å². The van der Waals surface area contributed by atoms with Gasteiger partial charge in [-0.1, -0.05) is 24.3 Å². The van der Waals surface area contributed by atoms with Gasteiger partial charge in [-0.3, -0.25) is 9.59 Å². The van der Waals surface area contributed by atoms with Crippen molar-refractivity contribution in [3.8, 4) is 0 Å². The van der Waals surface area contributed by atoms with Crippen LogP contribution in [0.3, 0.4) is 0 Å². The molecule has 2 atom stereocenters. The Morgan fingerprint density at radius 3 is 2.87 bits per heavy atom. The number of nitrogens with zero attached hydrogens (tertiary/aromatic N) is 1. The number of hydrogen-bond donors (Lipinski definition) is 1. The van der Waals surface area contributed by atoms with Crippen LogP contribution in [0.25, 0.3) is 0 Å². The minimum absolute atomic E-state index is 0.00227. The largest absolute Gasteiger partial charge is 0.356 e. The van der Waals surface area contributed by atoms with Crippen molar-refractivity contribution in [3.63, 3.8) is 0 Å². The summed E-state index contributed by atoms with van der Waals surface area (Å²) < 4.78 is 0.878. The van der Waals surface area contributed by atoms with Crippen LogP contribution < -0.4 is 10.2 Å². The Labute approximate surface area is 145 Å². The monoisotopic (exact) mass is 376 g/mol. The first kappa shape index (κ1) is 16.2. The lowest BCUT2D eigenvalue weighted by atomic mass is 9.94. The first-order valence-electron chi connectivity index (χ1n) is 8.12. The molecule has 3 rings (SSSR count). The zero-order chi connectivity index (χ0) is 16.2. The summed E-state index contributed by atoms with van der Waals surface area (Å²) in [4.78, 5) is 26.3. The molecular formula is C18H21BrN2O2. The molecule has 1 saturated heterocycles. The molecule has 1 aromatic rings. The summed E-state index contributed by atoms with van der Waals surface area (Å²) >= 11 is 3.47. The lowest BCUT2D eigenvalue weighted by Gasteiger charge is -2.20. The molecule has 0 saturated carbocycles. The molecular weight excluding hydrogens is 356 g/mol. The van der Waals surface area contributed by atoms with Gasteiger partial charge in [0.25, 0.3) is 0 Å².